The maximum Gasteiger partial charge on any atom is 0.163 e. The molecule has 0 bridgehead atoms. The van der Waals surface area contributed by atoms with Gasteiger partial charge >= 0.3 is 0 Å². The van der Waals surface area contributed by atoms with Crippen LogP contribution in [-0.2, 0) is 23.0 Å². The fraction of sp³-hybridized carbons (Fsp3) is 0.618. The molecule has 0 radical (unpaired) electrons. The van der Waals surface area contributed by atoms with Crippen LogP contribution in [-0.4, -0.2) is 70.7 Å². The highest BCUT2D eigenvalue weighted by molar-refractivity contribution is 6.07. The first-order valence-corrected chi connectivity index (χ1v) is 15.8. The number of hydrogen-bond acceptors (Lipinski definition) is 6. The molecular weight excluding hydrogens is 512 g/mol. The standard InChI is InChI=1S/C34H48N4O3/c1-7-27-29(32(39)15-14-28-23(5)16-22(4)17-33(28)40)18-31-30(19-35-36(31)6)34(27)38(8-2)25-12-10-24(11-13-25)37-20-26(21-37)41-9-3/h16,18-19,24-26H,7-15,17,20-21H2,1-6H3. The minimum absolute atomic E-state index is 0.118. The van der Waals surface area contributed by atoms with E-state index < -0.39 is 0 Å². The smallest absolute Gasteiger partial charge is 0.163 e. The summed E-state index contributed by atoms with van der Waals surface area (Å²) in [4.78, 5) is 31.8. The fourth-order valence-electron chi connectivity index (χ4n) is 7.49. The Morgan fingerprint density at radius 3 is 2.49 bits per heavy atom. The normalized spacial score (nSPS) is 22.3. The summed E-state index contributed by atoms with van der Waals surface area (Å²) in [6.07, 6.45) is 11.3. The predicted molar refractivity (Wildman–Crippen MR) is 166 cm³/mol. The maximum absolute atomic E-state index is 13.9. The summed E-state index contributed by atoms with van der Waals surface area (Å²) >= 11 is 0. The van der Waals surface area contributed by atoms with Gasteiger partial charge in [-0.2, -0.15) is 5.10 Å². The lowest BCUT2D eigenvalue weighted by Gasteiger charge is -2.47. The van der Waals surface area contributed by atoms with Gasteiger partial charge in [0, 0.05) is 69.2 Å². The first kappa shape index (κ1) is 29.7. The van der Waals surface area contributed by atoms with Crippen LogP contribution in [0.3, 0.4) is 0 Å². The molecule has 222 valence electrons. The van der Waals surface area contributed by atoms with Gasteiger partial charge in [-0.1, -0.05) is 18.6 Å². The van der Waals surface area contributed by atoms with E-state index in [0.29, 0.717) is 37.5 Å². The number of allylic oxidation sites excluding steroid dienone is 4. The van der Waals surface area contributed by atoms with E-state index in [1.165, 1.54) is 18.5 Å². The first-order chi connectivity index (χ1) is 19.7. The molecule has 1 saturated carbocycles. The van der Waals surface area contributed by atoms with E-state index in [2.05, 4.69) is 41.7 Å². The lowest BCUT2D eigenvalue weighted by Crippen LogP contribution is -2.57. The van der Waals surface area contributed by atoms with E-state index in [9.17, 15) is 9.59 Å². The summed E-state index contributed by atoms with van der Waals surface area (Å²) < 4.78 is 7.68. The van der Waals surface area contributed by atoms with Crippen LogP contribution < -0.4 is 4.90 Å². The molecule has 3 aliphatic rings. The molecule has 0 amide bonds. The Bertz CT molecular complexity index is 1360. The lowest BCUT2D eigenvalue weighted by atomic mass is 9.85. The van der Waals surface area contributed by atoms with Crippen LogP contribution in [0.25, 0.3) is 10.9 Å². The van der Waals surface area contributed by atoms with Gasteiger partial charge in [0.15, 0.2) is 11.6 Å². The molecule has 2 fully saturated rings. The highest BCUT2D eigenvalue weighted by Crippen LogP contribution is 2.39. The highest BCUT2D eigenvalue weighted by atomic mass is 16.5. The van der Waals surface area contributed by atoms with Gasteiger partial charge in [0.1, 0.15) is 0 Å². The zero-order valence-electron chi connectivity index (χ0n) is 26.0. The minimum Gasteiger partial charge on any atom is -0.376 e. The van der Waals surface area contributed by atoms with E-state index in [1.807, 2.05) is 37.8 Å². The number of ether oxygens (including phenoxy) is 1. The molecule has 1 aliphatic heterocycles. The Morgan fingerprint density at radius 1 is 1.12 bits per heavy atom. The van der Waals surface area contributed by atoms with E-state index >= 15 is 0 Å². The number of carbonyl (C=O) groups is 2. The summed E-state index contributed by atoms with van der Waals surface area (Å²) in [6, 6.07) is 3.14. The number of fused-ring (bicyclic) bond motifs is 1. The Morgan fingerprint density at radius 2 is 1.85 bits per heavy atom. The van der Waals surface area contributed by atoms with Crippen LogP contribution >= 0.6 is 0 Å². The van der Waals surface area contributed by atoms with E-state index in [4.69, 9.17) is 4.74 Å². The molecule has 1 saturated heterocycles. The molecule has 7 heteroatoms. The van der Waals surface area contributed by atoms with Crippen LogP contribution in [0.4, 0.5) is 5.69 Å². The number of Topliss-reactive ketones (excluding diaryl/α,β-unsaturated/α-hetero) is 2. The molecule has 7 nitrogen and oxygen atoms in total. The topological polar surface area (TPSA) is 67.7 Å². The van der Waals surface area contributed by atoms with E-state index in [0.717, 1.165) is 84.3 Å². The largest absolute Gasteiger partial charge is 0.376 e. The van der Waals surface area contributed by atoms with Crippen LogP contribution in [0.2, 0.25) is 0 Å². The fourth-order valence-corrected chi connectivity index (χ4v) is 7.49. The monoisotopic (exact) mass is 560 g/mol. The molecule has 2 aromatic rings. The molecule has 0 N–H and O–H groups in total. The third-order valence-electron chi connectivity index (χ3n) is 9.63. The summed E-state index contributed by atoms with van der Waals surface area (Å²) in [5.74, 6) is 0.278. The summed E-state index contributed by atoms with van der Waals surface area (Å²) in [6.45, 7) is 14.3. The number of nitrogens with zero attached hydrogens (tertiary/aromatic N) is 4. The number of aromatic nitrogens is 2. The van der Waals surface area contributed by atoms with Gasteiger partial charge in [-0.15, -0.1) is 0 Å². The summed E-state index contributed by atoms with van der Waals surface area (Å²) in [5, 5.41) is 5.75. The third kappa shape index (κ3) is 5.94. The maximum atomic E-state index is 13.9. The van der Waals surface area contributed by atoms with Crippen molar-refractivity contribution in [2.45, 2.75) is 104 Å². The molecule has 5 rings (SSSR count). The second kappa shape index (κ2) is 12.6. The molecule has 2 aliphatic carbocycles. The van der Waals surface area contributed by atoms with Crippen LogP contribution in [0, 0.1) is 0 Å². The van der Waals surface area contributed by atoms with Crippen molar-refractivity contribution in [3.05, 3.63) is 46.2 Å². The molecule has 0 spiro atoms. The second-order valence-corrected chi connectivity index (χ2v) is 12.3. The molecule has 0 unspecified atom stereocenters. The Hall–Kier alpha value is -2.77. The van der Waals surface area contributed by atoms with Crippen LogP contribution in [0.15, 0.2) is 35.1 Å². The van der Waals surface area contributed by atoms with Gasteiger partial charge in [0.2, 0.25) is 0 Å². The Kier molecular flexibility index (Phi) is 9.15. The molecular formula is C34H48N4O3. The first-order valence-electron chi connectivity index (χ1n) is 15.8. The van der Waals surface area contributed by atoms with E-state index in [1.54, 1.807) is 0 Å². The number of carbonyl (C=O) groups excluding carboxylic acids is 2. The van der Waals surface area contributed by atoms with Gasteiger partial charge in [-0.05, 0) is 89.0 Å². The van der Waals surface area contributed by atoms with Crippen molar-refractivity contribution in [1.82, 2.24) is 14.7 Å². The average Bonchev–Trinajstić information content (AvgIpc) is 3.30. The third-order valence-corrected chi connectivity index (χ3v) is 9.63. The number of ketones is 2. The molecule has 41 heavy (non-hydrogen) atoms. The quantitative estimate of drug-likeness (QED) is 0.305. The molecule has 1 aromatic carbocycles. The van der Waals surface area contributed by atoms with Crippen molar-refractivity contribution in [3.8, 4) is 0 Å². The van der Waals surface area contributed by atoms with Crippen LogP contribution in [0.5, 0.6) is 0 Å². The van der Waals surface area contributed by atoms with Crippen molar-refractivity contribution >= 4 is 28.2 Å². The zero-order valence-corrected chi connectivity index (χ0v) is 26.0. The number of anilines is 1. The van der Waals surface area contributed by atoms with Crippen molar-refractivity contribution < 1.29 is 14.3 Å². The van der Waals surface area contributed by atoms with Crippen molar-refractivity contribution in [2.24, 2.45) is 7.05 Å². The van der Waals surface area contributed by atoms with Gasteiger partial charge < -0.3 is 9.64 Å². The number of benzene rings is 1. The van der Waals surface area contributed by atoms with Crippen molar-refractivity contribution in [2.75, 3.05) is 31.1 Å². The van der Waals surface area contributed by atoms with Gasteiger partial charge in [0.05, 0.1) is 23.5 Å². The zero-order chi connectivity index (χ0) is 29.3. The number of aryl methyl sites for hydroxylation is 1. The van der Waals surface area contributed by atoms with Gasteiger partial charge in [-0.25, -0.2) is 0 Å². The van der Waals surface area contributed by atoms with Crippen molar-refractivity contribution in [1.29, 1.82) is 0 Å². The van der Waals surface area contributed by atoms with Gasteiger partial charge in [-0.3, -0.25) is 19.2 Å². The molecule has 2 heterocycles. The minimum atomic E-state index is 0.118. The Balaban J connectivity index is 1.39. The van der Waals surface area contributed by atoms with Crippen LogP contribution in [0.1, 0.15) is 95.5 Å². The lowest BCUT2D eigenvalue weighted by molar-refractivity contribution is -0.115. The Labute approximate surface area is 245 Å². The average molecular weight is 561 g/mol. The summed E-state index contributed by atoms with van der Waals surface area (Å²) in [7, 11) is 1.96. The second-order valence-electron chi connectivity index (χ2n) is 12.3. The SMILES string of the molecule is CCOC1CN(C2CCC(N(CC)c3c(CC)c(C(=O)CCC4=C(C)C=C(C)CC4=O)cc4c3cnn4C)CC2)C1. The van der Waals surface area contributed by atoms with E-state index in [-0.39, 0.29) is 11.6 Å². The number of rotatable bonds is 11. The highest BCUT2D eigenvalue weighted by Gasteiger charge is 2.36. The number of likely N-dealkylation sites (tertiary alicyclic amines) is 1. The molecule has 0 atom stereocenters. The number of hydrogen-bond donors (Lipinski definition) is 0. The van der Waals surface area contributed by atoms with Gasteiger partial charge in [0.25, 0.3) is 0 Å². The predicted octanol–water partition coefficient (Wildman–Crippen LogP) is 6.19. The molecule has 1 aromatic heterocycles. The van der Waals surface area contributed by atoms with Crippen molar-refractivity contribution in [3.63, 3.8) is 0 Å². The summed E-state index contributed by atoms with van der Waals surface area (Å²) in [5.41, 5.74) is 7.01.